The van der Waals surface area contributed by atoms with Crippen molar-refractivity contribution in [1.29, 1.82) is 0 Å². The van der Waals surface area contributed by atoms with Crippen LogP contribution in [0, 0.1) is 19.7 Å². The largest absolute Gasteiger partial charge is 0.369 e. The van der Waals surface area contributed by atoms with Gasteiger partial charge in [-0.3, -0.25) is 9.55 Å². The lowest BCUT2D eigenvalue weighted by molar-refractivity contribution is 0.630. The lowest BCUT2D eigenvalue weighted by Crippen LogP contribution is -2.25. The molecule has 26 heavy (non-hydrogen) atoms. The highest BCUT2D eigenvalue weighted by atomic mass is 19.1. The number of rotatable bonds is 3. The second kappa shape index (κ2) is 6.87. The SMILES string of the molecule is C=N/N=c1/c(-c2cc(C)nc(C)c2)c(-c2ccccc2F)nc(N)n1C. The fraction of sp³-hybridized carbons (Fsp3) is 0.158. The van der Waals surface area contributed by atoms with Crippen molar-refractivity contribution in [1.82, 2.24) is 14.5 Å². The van der Waals surface area contributed by atoms with Gasteiger partial charge in [0.15, 0.2) is 5.49 Å². The average molecular weight is 350 g/mol. The molecule has 0 bridgehead atoms. The summed E-state index contributed by atoms with van der Waals surface area (Å²) in [6.45, 7) is 7.23. The van der Waals surface area contributed by atoms with E-state index in [0.29, 0.717) is 22.3 Å². The number of hydrogen-bond donors (Lipinski definition) is 1. The zero-order chi connectivity index (χ0) is 18.8. The Kier molecular flexibility index (Phi) is 4.62. The summed E-state index contributed by atoms with van der Waals surface area (Å²) in [7, 11) is 1.72. The van der Waals surface area contributed by atoms with Crippen molar-refractivity contribution in [2.45, 2.75) is 13.8 Å². The van der Waals surface area contributed by atoms with Gasteiger partial charge >= 0.3 is 0 Å². The highest BCUT2D eigenvalue weighted by Crippen LogP contribution is 2.30. The van der Waals surface area contributed by atoms with E-state index in [1.54, 1.807) is 29.8 Å². The van der Waals surface area contributed by atoms with Gasteiger partial charge in [0.25, 0.3) is 0 Å². The first-order chi connectivity index (χ1) is 12.4. The summed E-state index contributed by atoms with van der Waals surface area (Å²) in [4.78, 5) is 8.84. The van der Waals surface area contributed by atoms with Gasteiger partial charge in [0.2, 0.25) is 5.95 Å². The van der Waals surface area contributed by atoms with Crippen molar-refractivity contribution in [2.75, 3.05) is 5.73 Å². The molecule has 2 heterocycles. The molecule has 0 unspecified atom stereocenters. The normalized spacial score (nSPS) is 11.6. The maximum Gasteiger partial charge on any atom is 0.202 e. The Morgan fingerprint density at radius 1 is 1.12 bits per heavy atom. The maximum atomic E-state index is 14.5. The molecule has 132 valence electrons. The zero-order valence-electron chi connectivity index (χ0n) is 14.9. The number of nitrogens with zero attached hydrogens (tertiary/aromatic N) is 5. The molecule has 2 aromatic heterocycles. The first-order valence-electron chi connectivity index (χ1n) is 7.99. The maximum absolute atomic E-state index is 14.5. The van der Waals surface area contributed by atoms with Crippen molar-refractivity contribution in [3.05, 3.63) is 59.1 Å². The van der Waals surface area contributed by atoms with E-state index in [4.69, 9.17) is 5.73 Å². The van der Waals surface area contributed by atoms with Crippen LogP contribution in [0.25, 0.3) is 22.4 Å². The van der Waals surface area contributed by atoms with Crippen LogP contribution >= 0.6 is 0 Å². The highest BCUT2D eigenvalue weighted by molar-refractivity contribution is 5.81. The van der Waals surface area contributed by atoms with Gasteiger partial charge in [-0.05, 0) is 43.7 Å². The molecule has 0 fully saturated rings. The molecular formula is C19H19FN6. The summed E-state index contributed by atoms with van der Waals surface area (Å²) in [5.41, 5.74) is 10.3. The summed E-state index contributed by atoms with van der Waals surface area (Å²) >= 11 is 0. The highest BCUT2D eigenvalue weighted by Gasteiger charge is 2.19. The number of hydrogen-bond acceptors (Lipinski definition) is 5. The molecule has 0 spiro atoms. The van der Waals surface area contributed by atoms with Gasteiger partial charge in [-0.1, -0.05) is 12.1 Å². The number of aryl methyl sites for hydroxylation is 2. The molecule has 7 heteroatoms. The Balaban J connectivity index is 2.51. The number of nitrogens with two attached hydrogens (primary N) is 1. The Morgan fingerprint density at radius 3 is 2.38 bits per heavy atom. The van der Waals surface area contributed by atoms with E-state index < -0.39 is 5.82 Å². The van der Waals surface area contributed by atoms with Crippen LogP contribution in [0.3, 0.4) is 0 Å². The second-order valence-electron chi connectivity index (χ2n) is 5.94. The fourth-order valence-electron chi connectivity index (χ4n) is 2.90. The molecule has 0 aliphatic heterocycles. The molecule has 0 saturated heterocycles. The third-order valence-electron chi connectivity index (χ3n) is 4.01. The summed E-state index contributed by atoms with van der Waals surface area (Å²) in [6, 6.07) is 10.2. The topological polar surface area (TPSA) is 81.4 Å². The third-order valence-corrected chi connectivity index (χ3v) is 4.01. The lowest BCUT2D eigenvalue weighted by atomic mass is 9.99. The molecule has 3 aromatic rings. The molecule has 1 aromatic carbocycles. The lowest BCUT2D eigenvalue weighted by Gasteiger charge is -2.15. The number of pyridine rings is 1. The summed E-state index contributed by atoms with van der Waals surface area (Å²) < 4.78 is 16.1. The second-order valence-corrected chi connectivity index (χ2v) is 5.94. The van der Waals surface area contributed by atoms with Crippen molar-refractivity contribution < 1.29 is 4.39 Å². The van der Waals surface area contributed by atoms with Crippen molar-refractivity contribution in [3.63, 3.8) is 0 Å². The Labute approximate surface area is 150 Å². The first-order valence-corrected chi connectivity index (χ1v) is 7.99. The number of benzene rings is 1. The minimum Gasteiger partial charge on any atom is -0.369 e. The third kappa shape index (κ3) is 3.11. The van der Waals surface area contributed by atoms with E-state index in [0.717, 1.165) is 17.0 Å². The van der Waals surface area contributed by atoms with Crippen LogP contribution in [0.4, 0.5) is 10.3 Å². The van der Waals surface area contributed by atoms with E-state index in [9.17, 15) is 4.39 Å². The summed E-state index contributed by atoms with van der Waals surface area (Å²) in [6.07, 6.45) is 0. The van der Waals surface area contributed by atoms with Crippen LogP contribution in [0.5, 0.6) is 0 Å². The molecular weight excluding hydrogens is 331 g/mol. The van der Waals surface area contributed by atoms with E-state index in [-0.39, 0.29) is 5.95 Å². The quantitative estimate of drug-likeness (QED) is 0.582. The van der Waals surface area contributed by atoms with E-state index in [1.165, 1.54) is 6.07 Å². The molecule has 0 radical (unpaired) electrons. The summed E-state index contributed by atoms with van der Waals surface area (Å²) in [5.74, 6) is -0.202. The number of halogens is 1. The molecule has 3 rings (SSSR count). The number of aromatic nitrogens is 3. The average Bonchev–Trinajstić information content (AvgIpc) is 2.58. The first kappa shape index (κ1) is 17.5. The molecule has 0 atom stereocenters. The number of nitrogen functional groups attached to an aromatic ring is 1. The van der Waals surface area contributed by atoms with Crippen LogP contribution in [0.1, 0.15) is 11.4 Å². The van der Waals surface area contributed by atoms with Gasteiger partial charge in [-0.2, -0.15) is 5.10 Å². The molecule has 0 saturated carbocycles. The predicted octanol–water partition coefficient (Wildman–Crippen LogP) is 3.00. The van der Waals surface area contributed by atoms with E-state index in [2.05, 4.69) is 26.9 Å². The van der Waals surface area contributed by atoms with Gasteiger partial charge in [0.05, 0.1) is 11.3 Å². The van der Waals surface area contributed by atoms with E-state index >= 15 is 0 Å². The minimum atomic E-state index is -0.394. The van der Waals surface area contributed by atoms with Gasteiger partial charge < -0.3 is 5.73 Å². The molecule has 0 aliphatic rings. The smallest absolute Gasteiger partial charge is 0.202 e. The predicted molar refractivity (Wildman–Crippen MR) is 101 cm³/mol. The van der Waals surface area contributed by atoms with Crippen LogP contribution in [-0.4, -0.2) is 21.3 Å². The van der Waals surface area contributed by atoms with Crippen LogP contribution in [0.2, 0.25) is 0 Å². The number of anilines is 1. The summed E-state index contributed by atoms with van der Waals surface area (Å²) in [5, 5.41) is 7.79. The van der Waals surface area contributed by atoms with Gasteiger partial charge in [-0.25, -0.2) is 9.37 Å². The molecule has 2 N–H and O–H groups in total. The van der Waals surface area contributed by atoms with Crippen LogP contribution in [-0.2, 0) is 7.05 Å². The fourth-order valence-corrected chi connectivity index (χ4v) is 2.90. The molecule has 0 aliphatic carbocycles. The van der Waals surface area contributed by atoms with Crippen molar-refractivity contribution >= 4 is 12.7 Å². The monoisotopic (exact) mass is 350 g/mol. The Hall–Kier alpha value is -3.35. The van der Waals surface area contributed by atoms with Crippen molar-refractivity contribution in [2.24, 2.45) is 17.3 Å². The minimum absolute atomic E-state index is 0.192. The standard InChI is InChI=1S/C19H19FN6/c1-11-9-13(10-12(2)23-11)16-17(14-7-5-6-8-15(14)20)24-19(21)26(4)18(16)25-22-3/h5-10H,3H2,1-2,4H3,(H2,21,24)/b25-18-. The molecule has 0 amide bonds. The van der Waals surface area contributed by atoms with Crippen LogP contribution < -0.4 is 11.2 Å². The molecule has 6 nitrogen and oxygen atoms in total. The zero-order valence-corrected chi connectivity index (χ0v) is 14.9. The van der Waals surface area contributed by atoms with Gasteiger partial charge in [0.1, 0.15) is 5.82 Å². The van der Waals surface area contributed by atoms with Crippen molar-refractivity contribution in [3.8, 4) is 22.4 Å². The van der Waals surface area contributed by atoms with Gasteiger partial charge in [-0.15, -0.1) is 5.10 Å². The van der Waals surface area contributed by atoms with E-state index in [1.807, 2.05) is 26.0 Å². The van der Waals surface area contributed by atoms with Gasteiger partial charge in [0, 0.05) is 30.7 Å². The Bertz CT molecular complexity index is 1050. The van der Waals surface area contributed by atoms with Crippen LogP contribution in [0.15, 0.2) is 46.6 Å². The Morgan fingerprint density at radius 2 is 1.77 bits per heavy atom.